The van der Waals surface area contributed by atoms with Crippen LogP contribution in [0.3, 0.4) is 0 Å². The quantitative estimate of drug-likeness (QED) is 0.914. The minimum atomic E-state index is -1.05. The minimum Gasteiger partial charge on any atom is -0.329 e. The van der Waals surface area contributed by atoms with Crippen LogP contribution in [0.15, 0.2) is 42.5 Å². The third-order valence-corrected chi connectivity index (χ3v) is 3.61. The van der Waals surface area contributed by atoms with E-state index in [0.29, 0.717) is 6.54 Å². The summed E-state index contributed by atoms with van der Waals surface area (Å²) in [5.41, 5.74) is 2.09. The van der Waals surface area contributed by atoms with Gasteiger partial charge in [0.05, 0.1) is 0 Å². The van der Waals surface area contributed by atoms with E-state index in [9.17, 15) is 18.4 Å². The molecule has 0 aliphatic rings. The summed E-state index contributed by atoms with van der Waals surface area (Å²) in [5.74, 6) is -2.77. The molecular formula is C18H18F2N2O2. The number of amides is 2. The Labute approximate surface area is 139 Å². The lowest BCUT2D eigenvalue weighted by Gasteiger charge is -2.21. The summed E-state index contributed by atoms with van der Waals surface area (Å²) in [6.07, 6.45) is 0. The van der Waals surface area contributed by atoms with Gasteiger partial charge in [-0.2, -0.15) is 0 Å². The van der Waals surface area contributed by atoms with Crippen LogP contribution in [-0.2, 0) is 16.1 Å². The number of anilines is 1. The maximum atomic E-state index is 13.2. The topological polar surface area (TPSA) is 49.4 Å². The molecule has 0 saturated heterocycles. The van der Waals surface area contributed by atoms with Crippen LogP contribution in [0.5, 0.6) is 0 Å². The first-order valence-electron chi connectivity index (χ1n) is 7.41. The van der Waals surface area contributed by atoms with Crippen molar-refractivity contribution in [3.05, 3.63) is 65.2 Å². The molecule has 2 rings (SSSR count). The number of carbonyl (C=O) groups is 2. The van der Waals surface area contributed by atoms with Gasteiger partial charge in [-0.15, -0.1) is 0 Å². The summed E-state index contributed by atoms with van der Waals surface area (Å²) < 4.78 is 26.1. The van der Waals surface area contributed by atoms with Gasteiger partial charge in [0.25, 0.3) is 0 Å². The van der Waals surface area contributed by atoms with E-state index in [1.54, 1.807) is 0 Å². The second-order valence-electron chi connectivity index (χ2n) is 5.48. The number of rotatable bonds is 5. The van der Waals surface area contributed by atoms with E-state index in [-0.39, 0.29) is 18.1 Å². The van der Waals surface area contributed by atoms with E-state index in [2.05, 4.69) is 5.32 Å². The monoisotopic (exact) mass is 332 g/mol. The lowest BCUT2D eigenvalue weighted by Crippen LogP contribution is -2.36. The van der Waals surface area contributed by atoms with Crippen molar-refractivity contribution in [1.82, 2.24) is 4.90 Å². The second-order valence-corrected chi connectivity index (χ2v) is 5.48. The van der Waals surface area contributed by atoms with Gasteiger partial charge in [-0.25, -0.2) is 8.78 Å². The van der Waals surface area contributed by atoms with Crippen LogP contribution in [0.2, 0.25) is 0 Å². The zero-order valence-corrected chi connectivity index (χ0v) is 13.5. The second kappa shape index (κ2) is 7.68. The van der Waals surface area contributed by atoms with Crippen LogP contribution in [0, 0.1) is 18.6 Å². The third kappa shape index (κ3) is 4.62. The first kappa shape index (κ1) is 17.6. The van der Waals surface area contributed by atoms with Crippen molar-refractivity contribution in [1.29, 1.82) is 0 Å². The Morgan fingerprint density at radius 2 is 1.79 bits per heavy atom. The highest BCUT2D eigenvalue weighted by Crippen LogP contribution is 2.14. The number of halogens is 2. The molecule has 0 aliphatic heterocycles. The predicted molar refractivity (Wildman–Crippen MR) is 87.3 cm³/mol. The number of aryl methyl sites for hydroxylation is 1. The van der Waals surface area contributed by atoms with Gasteiger partial charge in [-0.05, 0) is 30.2 Å². The Balaban J connectivity index is 2.04. The number of nitrogens with one attached hydrogen (secondary N) is 1. The fraction of sp³-hybridized carbons (Fsp3) is 0.222. The summed E-state index contributed by atoms with van der Waals surface area (Å²) in [5, 5.41) is 2.46. The molecule has 126 valence electrons. The van der Waals surface area contributed by atoms with Crippen LogP contribution < -0.4 is 5.32 Å². The van der Waals surface area contributed by atoms with Crippen molar-refractivity contribution in [3.8, 4) is 0 Å². The zero-order valence-electron chi connectivity index (χ0n) is 13.5. The van der Waals surface area contributed by atoms with E-state index >= 15 is 0 Å². The van der Waals surface area contributed by atoms with Gasteiger partial charge < -0.3 is 10.2 Å². The van der Waals surface area contributed by atoms with E-state index in [1.165, 1.54) is 17.9 Å². The molecule has 2 aromatic carbocycles. The summed E-state index contributed by atoms with van der Waals surface area (Å²) in [4.78, 5) is 25.2. The molecule has 24 heavy (non-hydrogen) atoms. The Hall–Kier alpha value is -2.76. The third-order valence-electron chi connectivity index (χ3n) is 3.61. The first-order chi connectivity index (χ1) is 11.4. The van der Waals surface area contributed by atoms with Crippen LogP contribution in [0.4, 0.5) is 14.5 Å². The maximum Gasteiger partial charge on any atom is 0.244 e. The van der Waals surface area contributed by atoms with Crippen molar-refractivity contribution < 1.29 is 18.4 Å². The SMILES string of the molecule is CC(=O)N(CC(=O)Nc1ccc(F)c(F)c1)Cc1ccccc1C. The standard InChI is InChI=1S/C18H18F2N2O2/c1-12-5-3-4-6-14(12)10-22(13(2)23)11-18(24)21-15-7-8-16(19)17(20)9-15/h3-9H,10-11H2,1-2H3,(H,21,24). The Bertz CT molecular complexity index is 762. The number of benzene rings is 2. The van der Waals surface area contributed by atoms with Gasteiger partial charge in [0.2, 0.25) is 11.8 Å². The highest BCUT2D eigenvalue weighted by molar-refractivity contribution is 5.94. The largest absolute Gasteiger partial charge is 0.329 e. The van der Waals surface area contributed by atoms with E-state index < -0.39 is 17.5 Å². The highest BCUT2D eigenvalue weighted by atomic mass is 19.2. The highest BCUT2D eigenvalue weighted by Gasteiger charge is 2.15. The molecule has 1 N–H and O–H groups in total. The normalized spacial score (nSPS) is 10.3. The van der Waals surface area contributed by atoms with Gasteiger partial charge in [0.1, 0.15) is 6.54 Å². The molecule has 0 aliphatic carbocycles. The molecule has 0 heterocycles. The van der Waals surface area contributed by atoms with E-state index in [0.717, 1.165) is 23.3 Å². The Morgan fingerprint density at radius 1 is 1.08 bits per heavy atom. The molecule has 0 spiro atoms. The van der Waals surface area contributed by atoms with E-state index in [1.807, 2.05) is 31.2 Å². The van der Waals surface area contributed by atoms with Crippen molar-refractivity contribution >= 4 is 17.5 Å². The number of carbonyl (C=O) groups excluding carboxylic acids is 2. The molecule has 6 heteroatoms. The van der Waals surface area contributed by atoms with Crippen LogP contribution in [0.1, 0.15) is 18.1 Å². The van der Waals surface area contributed by atoms with Crippen LogP contribution in [0.25, 0.3) is 0 Å². The maximum absolute atomic E-state index is 13.2. The van der Waals surface area contributed by atoms with Gasteiger partial charge in [0.15, 0.2) is 11.6 Å². The fourth-order valence-corrected chi connectivity index (χ4v) is 2.22. The summed E-state index contributed by atoms with van der Waals surface area (Å²) in [6, 6.07) is 10.7. The average Bonchev–Trinajstić information content (AvgIpc) is 2.52. The number of hydrogen-bond acceptors (Lipinski definition) is 2. The smallest absolute Gasteiger partial charge is 0.244 e. The molecule has 2 aromatic rings. The Morgan fingerprint density at radius 3 is 2.42 bits per heavy atom. The molecule has 0 radical (unpaired) electrons. The molecule has 2 amide bonds. The molecule has 4 nitrogen and oxygen atoms in total. The summed E-state index contributed by atoms with van der Waals surface area (Å²) in [6.45, 7) is 3.42. The van der Waals surface area contributed by atoms with Gasteiger partial charge >= 0.3 is 0 Å². The molecule has 0 atom stereocenters. The Kier molecular flexibility index (Phi) is 5.63. The summed E-state index contributed by atoms with van der Waals surface area (Å²) >= 11 is 0. The van der Waals surface area contributed by atoms with Gasteiger partial charge in [-0.1, -0.05) is 24.3 Å². The van der Waals surface area contributed by atoms with Crippen molar-refractivity contribution in [2.24, 2.45) is 0 Å². The molecule has 0 aromatic heterocycles. The molecule has 0 saturated carbocycles. The predicted octanol–water partition coefficient (Wildman–Crippen LogP) is 3.26. The summed E-state index contributed by atoms with van der Waals surface area (Å²) in [7, 11) is 0. The minimum absolute atomic E-state index is 0.137. The molecule has 0 unspecified atom stereocenters. The van der Waals surface area contributed by atoms with E-state index in [4.69, 9.17) is 0 Å². The van der Waals surface area contributed by atoms with Crippen molar-refractivity contribution in [3.63, 3.8) is 0 Å². The molecule has 0 fully saturated rings. The van der Waals surface area contributed by atoms with Crippen LogP contribution >= 0.6 is 0 Å². The number of hydrogen-bond donors (Lipinski definition) is 1. The van der Waals surface area contributed by atoms with Crippen molar-refractivity contribution in [2.45, 2.75) is 20.4 Å². The lowest BCUT2D eigenvalue weighted by molar-refractivity contribution is -0.133. The molecular weight excluding hydrogens is 314 g/mol. The number of nitrogens with zero attached hydrogens (tertiary/aromatic N) is 1. The van der Waals surface area contributed by atoms with Gasteiger partial charge in [-0.3, -0.25) is 9.59 Å². The fourth-order valence-electron chi connectivity index (χ4n) is 2.22. The van der Waals surface area contributed by atoms with Gasteiger partial charge in [0, 0.05) is 25.2 Å². The zero-order chi connectivity index (χ0) is 17.7. The van der Waals surface area contributed by atoms with Crippen molar-refractivity contribution in [2.75, 3.05) is 11.9 Å². The lowest BCUT2D eigenvalue weighted by atomic mass is 10.1. The average molecular weight is 332 g/mol. The van der Waals surface area contributed by atoms with Crippen LogP contribution in [-0.4, -0.2) is 23.3 Å². The molecule has 0 bridgehead atoms. The first-order valence-corrected chi connectivity index (χ1v) is 7.41.